The lowest BCUT2D eigenvalue weighted by Gasteiger charge is -2.43. The maximum atomic E-state index is 13.4. The highest BCUT2D eigenvalue weighted by atomic mass is 19.1. The van der Waals surface area contributed by atoms with Crippen LogP contribution in [0.1, 0.15) is 71.9 Å². The second-order valence-corrected chi connectivity index (χ2v) is 8.78. The van der Waals surface area contributed by atoms with Crippen LogP contribution in [0.25, 0.3) is 11.0 Å². The van der Waals surface area contributed by atoms with E-state index >= 15 is 0 Å². The molecule has 0 radical (unpaired) electrons. The standard InChI is InChI=1S/C25H26FNO4/c1-15-21-19(30-23(15)24(29)27-14-16-6-5-7-17(26)12-16)8-9-20-22(21)18(28)13-25(31-20)10-3-2-4-11-25/h5-9,12,18,28H,2-4,10-11,13-14H2,1H3,(H,27,29)/t18-/m1/s1. The second kappa shape index (κ2) is 7.68. The van der Waals surface area contributed by atoms with Gasteiger partial charge in [0.1, 0.15) is 22.8 Å². The van der Waals surface area contributed by atoms with Gasteiger partial charge < -0.3 is 19.6 Å². The van der Waals surface area contributed by atoms with E-state index in [1.54, 1.807) is 18.2 Å². The molecule has 1 saturated carbocycles. The molecule has 1 spiro atoms. The van der Waals surface area contributed by atoms with Gasteiger partial charge in [-0.1, -0.05) is 18.6 Å². The third-order valence-electron chi connectivity index (χ3n) is 6.63. The molecule has 1 atom stereocenters. The number of ether oxygens (including phenoxy) is 1. The van der Waals surface area contributed by atoms with Crippen LogP contribution in [0.2, 0.25) is 0 Å². The van der Waals surface area contributed by atoms with E-state index < -0.39 is 6.10 Å². The molecule has 2 aliphatic rings. The van der Waals surface area contributed by atoms with Crippen LogP contribution in [0.3, 0.4) is 0 Å². The lowest BCUT2D eigenvalue weighted by Crippen LogP contribution is -2.42. The van der Waals surface area contributed by atoms with E-state index in [1.165, 1.54) is 18.6 Å². The molecule has 1 amide bonds. The van der Waals surface area contributed by atoms with Crippen molar-refractivity contribution in [1.82, 2.24) is 5.32 Å². The van der Waals surface area contributed by atoms with Crippen LogP contribution < -0.4 is 10.1 Å². The Bertz CT molecular complexity index is 1150. The fourth-order valence-electron chi connectivity index (χ4n) is 5.13. The topological polar surface area (TPSA) is 71.7 Å². The maximum absolute atomic E-state index is 13.4. The molecular formula is C25H26FNO4. The molecule has 1 fully saturated rings. The largest absolute Gasteiger partial charge is 0.487 e. The fraction of sp³-hybridized carbons (Fsp3) is 0.400. The molecule has 1 aromatic heterocycles. The fourth-order valence-corrected chi connectivity index (χ4v) is 5.13. The van der Waals surface area contributed by atoms with E-state index in [-0.39, 0.29) is 29.6 Å². The average molecular weight is 423 g/mol. The molecule has 0 unspecified atom stereocenters. The van der Waals surface area contributed by atoms with Gasteiger partial charge in [-0.15, -0.1) is 0 Å². The summed E-state index contributed by atoms with van der Waals surface area (Å²) in [5.41, 5.74) is 2.31. The minimum atomic E-state index is -0.662. The van der Waals surface area contributed by atoms with Crippen molar-refractivity contribution < 1.29 is 23.4 Å². The first-order valence-corrected chi connectivity index (χ1v) is 10.9. The highest BCUT2D eigenvalue weighted by Crippen LogP contribution is 2.49. The second-order valence-electron chi connectivity index (χ2n) is 8.78. The van der Waals surface area contributed by atoms with Crippen LogP contribution in [0.4, 0.5) is 4.39 Å². The molecule has 162 valence electrons. The number of aliphatic hydroxyl groups excluding tert-OH is 1. The smallest absolute Gasteiger partial charge is 0.287 e. The van der Waals surface area contributed by atoms with Gasteiger partial charge in [-0.25, -0.2) is 4.39 Å². The zero-order chi connectivity index (χ0) is 21.6. The lowest BCUT2D eigenvalue weighted by molar-refractivity contribution is -0.0373. The van der Waals surface area contributed by atoms with Crippen molar-refractivity contribution in [2.45, 2.75) is 63.7 Å². The van der Waals surface area contributed by atoms with Crippen LogP contribution in [-0.4, -0.2) is 16.6 Å². The van der Waals surface area contributed by atoms with Crippen LogP contribution in [0.15, 0.2) is 40.8 Å². The molecule has 2 aromatic carbocycles. The Morgan fingerprint density at radius 3 is 2.81 bits per heavy atom. The Kier molecular flexibility index (Phi) is 4.97. The van der Waals surface area contributed by atoms with E-state index in [0.717, 1.165) is 31.1 Å². The van der Waals surface area contributed by atoms with Gasteiger partial charge in [-0.3, -0.25) is 4.79 Å². The number of aryl methyl sites for hydroxylation is 1. The summed E-state index contributed by atoms with van der Waals surface area (Å²) in [5.74, 6) is 0.165. The molecule has 1 aliphatic heterocycles. The molecule has 0 saturated heterocycles. The monoisotopic (exact) mass is 423 g/mol. The molecule has 0 bridgehead atoms. The number of fused-ring (bicyclic) bond motifs is 3. The van der Waals surface area contributed by atoms with E-state index in [9.17, 15) is 14.3 Å². The van der Waals surface area contributed by atoms with E-state index in [1.807, 2.05) is 13.0 Å². The minimum Gasteiger partial charge on any atom is -0.487 e. The van der Waals surface area contributed by atoms with Gasteiger partial charge in [0, 0.05) is 29.5 Å². The third-order valence-corrected chi connectivity index (χ3v) is 6.63. The molecule has 31 heavy (non-hydrogen) atoms. The first-order chi connectivity index (χ1) is 15.0. The summed E-state index contributed by atoms with van der Waals surface area (Å²) in [6, 6.07) is 9.75. The normalized spacial score (nSPS) is 19.8. The summed E-state index contributed by atoms with van der Waals surface area (Å²) in [5, 5.41) is 14.6. The van der Waals surface area contributed by atoms with Gasteiger partial charge in [0.15, 0.2) is 5.76 Å². The Balaban J connectivity index is 1.45. The van der Waals surface area contributed by atoms with Gasteiger partial charge in [0.05, 0.1) is 6.10 Å². The highest BCUT2D eigenvalue weighted by Gasteiger charge is 2.42. The number of nitrogens with one attached hydrogen (secondary N) is 1. The zero-order valence-corrected chi connectivity index (χ0v) is 17.5. The Labute approximate surface area is 180 Å². The van der Waals surface area contributed by atoms with Gasteiger partial charge in [0.2, 0.25) is 0 Å². The van der Waals surface area contributed by atoms with Crippen molar-refractivity contribution in [2.24, 2.45) is 0 Å². The summed E-state index contributed by atoms with van der Waals surface area (Å²) in [6.07, 6.45) is 5.26. The van der Waals surface area contributed by atoms with Crippen molar-refractivity contribution in [2.75, 3.05) is 0 Å². The van der Waals surface area contributed by atoms with Gasteiger partial charge in [0.25, 0.3) is 5.91 Å². The molecular weight excluding hydrogens is 397 g/mol. The third kappa shape index (κ3) is 3.59. The number of rotatable bonds is 3. The van der Waals surface area contributed by atoms with Crippen LogP contribution in [0, 0.1) is 12.7 Å². The van der Waals surface area contributed by atoms with E-state index in [2.05, 4.69) is 5.32 Å². The first-order valence-electron chi connectivity index (χ1n) is 10.9. The molecule has 3 aromatic rings. The van der Waals surface area contributed by atoms with E-state index in [4.69, 9.17) is 9.15 Å². The highest BCUT2D eigenvalue weighted by molar-refractivity contribution is 6.00. The molecule has 5 nitrogen and oxygen atoms in total. The Hall–Kier alpha value is -2.86. The molecule has 2 N–H and O–H groups in total. The maximum Gasteiger partial charge on any atom is 0.287 e. The number of amides is 1. The predicted octanol–water partition coefficient (Wildman–Crippen LogP) is 5.33. The average Bonchev–Trinajstić information content (AvgIpc) is 3.09. The van der Waals surface area contributed by atoms with Crippen LogP contribution in [0.5, 0.6) is 5.75 Å². The van der Waals surface area contributed by atoms with Gasteiger partial charge in [-0.2, -0.15) is 0 Å². The number of carbonyl (C=O) groups excluding carboxylic acids is 1. The number of hydrogen-bond donors (Lipinski definition) is 2. The van der Waals surface area contributed by atoms with Crippen molar-refractivity contribution in [1.29, 1.82) is 0 Å². The van der Waals surface area contributed by atoms with Crippen molar-refractivity contribution in [3.8, 4) is 5.75 Å². The molecule has 5 rings (SSSR count). The summed E-state index contributed by atoms with van der Waals surface area (Å²) in [7, 11) is 0. The number of benzene rings is 2. The number of aliphatic hydroxyl groups is 1. The summed E-state index contributed by atoms with van der Waals surface area (Å²) >= 11 is 0. The van der Waals surface area contributed by atoms with Gasteiger partial charge >= 0.3 is 0 Å². The van der Waals surface area contributed by atoms with E-state index in [0.29, 0.717) is 34.4 Å². The summed E-state index contributed by atoms with van der Waals surface area (Å²) < 4.78 is 25.7. The molecule has 1 aliphatic carbocycles. The number of furan rings is 1. The first kappa shape index (κ1) is 20.1. The predicted molar refractivity (Wildman–Crippen MR) is 115 cm³/mol. The molecule has 2 heterocycles. The van der Waals surface area contributed by atoms with Crippen LogP contribution in [-0.2, 0) is 6.54 Å². The number of carbonyl (C=O) groups is 1. The molecule has 6 heteroatoms. The quantitative estimate of drug-likeness (QED) is 0.597. The van der Waals surface area contributed by atoms with Crippen molar-refractivity contribution in [3.63, 3.8) is 0 Å². The van der Waals surface area contributed by atoms with Crippen molar-refractivity contribution >= 4 is 16.9 Å². The summed E-state index contributed by atoms with van der Waals surface area (Å²) in [4.78, 5) is 12.8. The number of hydrogen-bond acceptors (Lipinski definition) is 4. The lowest BCUT2D eigenvalue weighted by atomic mass is 9.77. The van der Waals surface area contributed by atoms with Crippen LogP contribution >= 0.6 is 0 Å². The summed E-state index contributed by atoms with van der Waals surface area (Å²) in [6.45, 7) is 2.01. The minimum absolute atomic E-state index is 0.194. The van der Waals surface area contributed by atoms with Gasteiger partial charge in [-0.05, 0) is 62.4 Å². The number of halogens is 1. The Morgan fingerprint density at radius 2 is 2.03 bits per heavy atom. The van der Waals surface area contributed by atoms with Crippen molar-refractivity contribution in [3.05, 3.63) is 64.7 Å². The zero-order valence-electron chi connectivity index (χ0n) is 17.5. The Morgan fingerprint density at radius 1 is 1.23 bits per heavy atom. The SMILES string of the molecule is Cc1c(C(=O)NCc2cccc(F)c2)oc2ccc3c(c12)[C@H](O)CC1(CCCCC1)O3.